The molecule has 1 aromatic carbocycles. The molecule has 1 heterocycles. The molecule has 0 saturated carbocycles. The summed E-state index contributed by atoms with van der Waals surface area (Å²) in [6.07, 6.45) is 3.70. The number of hydrogen-bond acceptors (Lipinski definition) is 4. The lowest BCUT2D eigenvalue weighted by atomic mass is 10.1. The Kier molecular flexibility index (Phi) is 2.91. The molecule has 0 amide bonds. The molecule has 5 heteroatoms. The lowest BCUT2D eigenvalue weighted by Crippen LogP contribution is -1.96. The van der Waals surface area contributed by atoms with Gasteiger partial charge in [-0.1, -0.05) is 0 Å². The van der Waals surface area contributed by atoms with Crippen LogP contribution in [0.15, 0.2) is 24.5 Å². The Morgan fingerprint density at radius 2 is 1.94 bits per heavy atom. The maximum atomic E-state index is 5.92. The summed E-state index contributed by atoms with van der Waals surface area (Å²) in [7, 11) is 5.02. The third-order valence-corrected chi connectivity index (χ3v) is 2.55. The van der Waals surface area contributed by atoms with Gasteiger partial charge in [-0.05, 0) is 17.7 Å². The Bertz CT molecular complexity index is 535. The quantitative estimate of drug-likeness (QED) is 0.819. The van der Waals surface area contributed by atoms with Gasteiger partial charge in [0.25, 0.3) is 0 Å². The van der Waals surface area contributed by atoms with E-state index in [1.54, 1.807) is 25.1 Å². The van der Waals surface area contributed by atoms with Crippen LogP contribution in [0.1, 0.15) is 0 Å². The van der Waals surface area contributed by atoms with Crippen molar-refractivity contribution in [2.24, 2.45) is 7.05 Å². The summed E-state index contributed by atoms with van der Waals surface area (Å²) >= 11 is 0. The fraction of sp³-hybridized carbons (Fsp3) is 0.250. The molecule has 90 valence electrons. The summed E-state index contributed by atoms with van der Waals surface area (Å²) in [5.74, 6) is 1.17. The van der Waals surface area contributed by atoms with Crippen LogP contribution in [-0.2, 0) is 7.05 Å². The SMILES string of the molecule is COc1cc(-c2cnn(C)c2)cc(N)c1OC. The van der Waals surface area contributed by atoms with Crippen molar-refractivity contribution in [3.05, 3.63) is 24.5 Å². The Morgan fingerprint density at radius 1 is 1.18 bits per heavy atom. The van der Waals surface area contributed by atoms with E-state index < -0.39 is 0 Å². The van der Waals surface area contributed by atoms with Crippen LogP contribution in [0, 0.1) is 0 Å². The van der Waals surface area contributed by atoms with Crippen LogP contribution < -0.4 is 15.2 Å². The van der Waals surface area contributed by atoms with Gasteiger partial charge in [0.05, 0.1) is 26.1 Å². The van der Waals surface area contributed by atoms with Crippen molar-refractivity contribution < 1.29 is 9.47 Å². The predicted molar refractivity (Wildman–Crippen MR) is 66.2 cm³/mol. The standard InChI is InChI=1S/C12H15N3O2/c1-15-7-9(6-14-15)8-4-10(13)12(17-3)11(5-8)16-2/h4-7H,13H2,1-3H3. The highest BCUT2D eigenvalue weighted by atomic mass is 16.5. The first-order chi connectivity index (χ1) is 8.15. The Morgan fingerprint density at radius 3 is 2.47 bits per heavy atom. The van der Waals surface area contributed by atoms with Gasteiger partial charge in [0.2, 0.25) is 0 Å². The second kappa shape index (κ2) is 4.37. The number of benzene rings is 1. The lowest BCUT2D eigenvalue weighted by Gasteiger charge is -2.11. The molecule has 2 N–H and O–H groups in total. The number of anilines is 1. The number of aryl methyl sites for hydroxylation is 1. The zero-order valence-electron chi connectivity index (χ0n) is 10.1. The molecule has 17 heavy (non-hydrogen) atoms. The highest BCUT2D eigenvalue weighted by Crippen LogP contribution is 2.37. The second-order valence-electron chi connectivity index (χ2n) is 3.70. The number of rotatable bonds is 3. The van der Waals surface area contributed by atoms with E-state index in [2.05, 4.69) is 5.10 Å². The summed E-state index contributed by atoms with van der Waals surface area (Å²) in [6, 6.07) is 3.73. The molecule has 0 spiro atoms. The summed E-state index contributed by atoms with van der Waals surface area (Å²) in [5, 5.41) is 4.12. The molecule has 0 aliphatic rings. The van der Waals surface area contributed by atoms with Gasteiger partial charge < -0.3 is 15.2 Å². The fourth-order valence-electron chi connectivity index (χ4n) is 1.73. The first-order valence-corrected chi connectivity index (χ1v) is 5.16. The van der Waals surface area contributed by atoms with Crippen LogP contribution in [-0.4, -0.2) is 24.0 Å². The van der Waals surface area contributed by atoms with E-state index in [1.165, 1.54) is 0 Å². The molecule has 0 aliphatic heterocycles. The molecule has 0 atom stereocenters. The first kappa shape index (κ1) is 11.3. The van der Waals surface area contributed by atoms with Crippen molar-refractivity contribution in [2.75, 3.05) is 20.0 Å². The summed E-state index contributed by atoms with van der Waals surface area (Å²) < 4.78 is 12.2. The topological polar surface area (TPSA) is 62.3 Å². The van der Waals surface area contributed by atoms with Gasteiger partial charge >= 0.3 is 0 Å². The van der Waals surface area contributed by atoms with E-state index in [0.717, 1.165) is 11.1 Å². The zero-order chi connectivity index (χ0) is 12.4. The molecular weight excluding hydrogens is 218 g/mol. The van der Waals surface area contributed by atoms with Crippen LogP contribution in [0.3, 0.4) is 0 Å². The lowest BCUT2D eigenvalue weighted by molar-refractivity contribution is 0.356. The van der Waals surface area contributed by atoms with Crippen molar-refractivity contribution in [3.8, 4) is 22.6 Å². The Labute approximate surface area is 99.8 Å². The largest absolute Gasteiger partial charge is 0.493 e. The van der Waals surface area contributed by atoms with Gasteiger partial charge in [0, 0.05) is 18.8 Å². The molecule has 0 bridgehead atoms. The minimum atomic E-state index is 0.547. The molecule has 1 aromatic heterocycles. The molecule has 0 aliphatic carbocycles. The zero-order valence-corrected chi connectivity index (χ0v) is 10.1. The van der Waals surface area contributed by atoms with Gasteiger partial charge in [-0.25, -0.2) is 0 Å². The Balaban J connectivity index is 2.53. The predicted octanol–water partition coefficient (Wildman–Crippen LogP) is 1.69. The number of ether oxygens (including phenoxy) is 2. The normalized spacial score (nSPS) is 10.3. The third kappa shape index (κ3) is 2.04. The van der Waals surface area contributed by atoms with Crippen LogP contribution >= 0.6 is 0 Å². The average molecular weight is 233 g/mol. The number of nitrogens with zero attached hydrogens (tertiary/aromatic N) is 2. The van der Waals surface area contributed by atoms with Crippen molar-refractivity contribution in [1.29, 1.82) is 0 Å². The van der Waals surface area contributed by atoms with Crippen molar-refractivity contribution in [2.45, 2.75) is 0 Å². The molecule has 0 saturated heterocycles. The van der Waals surface area contributed by atoms with Gasteiger partial charge in [0.15, 0.2) is 11.5 Å². The van der Waals surface area contributed by atoms with Crippen LogP contribution in [0.2, 0.25) is 0 Å². The van der Waals surface area contributed by atoms with Crippen molar-refractivity contribution in [3.63, 3.8) is 0 Å². The second-order valence-corrected chi connectivity index (χ2v) is 3.70. The Hall–Kier alpha value is -2.17. The van der Waals surface area contributed by atoms with E-state index >= 15 is 0 Å². The molecule has 5 nitrogen and oxygen atoms in total. The highest BCUT2D eigenvalue weighted by molar-refractivity contribution is 5.74. The van der Waals surface area contributed by atoms with Crippen molar-refractivity contribution in [1.82, 2.24) is 9.78 Å². The molecule has 2 aromatic rings. The number of hydrogen-bond donors (Lipinski definition) is 1. The van der Waals surface area contributed by atoms with Crippen LogP contribution in [0.25, 0.3) is 11.1 Å². The van der Waals surface area contributed by atoms with E-state index in [0.29, 0.717) is 17.2 Å². The average Bonchev–Trinajstić information content (AvgIpc) is 2.74. The van der Waals surface area contributed by atoms with E-state index in [-0.39, 0.29) is 0 Å². The molecule has 0 radical (unpaired) electrons. The van der Waals surface area contributed by atoms with E-state index in [9.17, 15) is 0 Å². The van der Waals surface area contributed by atoms with Crippen molar-refractivity contribution >= 4 is 5.69 Å². The first-order valence-electron chi connectivity index (χ1n) is 5.16. The van der Waals surface area contributed by atoms with Gasteiger partial charge in [-0.15, -0.1) is 0 Å². The summed E-state index contributed by atoms with van der Waals surface area (Å²) in [4.78, 5) is 0. The van der Waals surface area contributed by atoms with Gasteiger partial charge in [-0.2, -0.15) is 5.10 Å². The van der Waals surface area contributed by atoms with E-state index in [4.69, 9.17) is 15.2 Å². The third-order valence-electron chi connectivity index (χ3n) is 2.55. The summed E-state index contributed by atoms with van der Waals surface area (Å²) in [6.45, 7) is 0. The fourth-order valence-corrected chi connectivity index (χ4v) is 1.73. The molecular formula is C12H15N3O2. The molecule has 2 rings (SSSR count). The van der Waals surface area contributed by atoms with Crippen LogP contribution in [0.5, 0.6) is 11.5 Å². The van der Waals surface area contributed by atoms with Gasteiger partial charge in [0.1, 0.15) is 0 Å². The van der Waals surface area contributed by atoms with E-state index in [1.807, 2.05) is 25.4 Å². The monoisotopic (exact) mass is 233 g/mol. The number of nitrogens with two attached hydrogens (primary N) is 1. The molecule has 0 unspecified atom stereocenters. The minimum absolute atomic E-state index is 0.547. The highest BCUT2D eigenvalue weighted by Gasteiger charge is 2.11. The maximum absolute atomic E-state index is 5.92. The number of nitrogen functional groups attached to an aromatic ring is 1. The number of aromatic nitrogens is 2. The van der Waals surface area contributed by atoms with Gasteiger partial charge in [-0.3, -0.25) is 4.68 Å². The molecule has 0 fully saturated rings. The van der Waals surface area contributed by atoms with Crippen LogP contribution in [0.4, 0.5) is 5.69 Å². The number of methoxy groups -OCH3 is 2. The minimum Gasteiger partial charge on any atom is -0.493 e. The summed E-state index contributed by atoms with van der Waals surface area (Å²) in [5.41, 5.74) is 8.41. The maximum Gasteiger partial charge on any atom is 0.183 e. The smallest absolute Gasteiger partial charge is 0.183 e.